The Labute approximate surface area is 153 Å². The predicted octanol–water partition coefficient (Wildman–Crippen LogP) is 2.06. The molecule has 1 aliphatic carbocycles. The van der Waals surface area contributed by atoms with Crippen LogP contribution in [0.25, 0.3) is 5.69 Å². The van der Waals surface area contributed by atoms with E-state index >= 15 is 0 Å². The molecule has 0 aliphatic heterocycles. The van der Waals surface area contributed by atoms with Crippen LogP contribution in [0, 0.1) is 0 Å². The number of anilines is 1. The first-order valence-corrected chi connectivity index (χ1v) is 8.94. The molecule has 4 rings (SSSR count). The first kappa shape index (κ1) is 16.4. The number of thiophene rings is 1. The minimum atomic E-state index is -0.403. The molecule has 0 radical (unpaired) electrons. The van der Waals surface area contributed by atoms with Gasteiger partial charge >= 0.3 is 0 Å². The number of nitrogens with two attached hydrogens (primary N) is 1. The molecule has 3 heterocycles. The molecule has 132 valence electrons. The van der Waals surface area contributed by atoms with E-state index in [1.807, 2.05) is 16.8 Å². The van der Waals surface area contributed by atoms with Gasteiger partial charge in [-0.25, -0.2) is 15.8 Å². The summed E-state index contributed by atoms with van der Waals surface area (Å²) in [6.45, 7) is 0. The number of hydrazine groups is 1. The Morgan fingerprint density at radius 3 is 2.88 bits per heavy atom. The van der Waals surface area contributed by atoms with Crippen LogP contribution in [0.15, 0.2) is 42.3 Å². The molecule has 3 aromatic rings. The van der Waals surface area contributed by atoms with E-state index in [4.69, 9.17) is 5.84 Å². The number of aromatic nitrogens is 3. The van der Waals surface area contributed by atoms with Crippen molar-refractivity contribution in [3.8, 4) is 5.69 Å². The molecular formula is C17H16N6O2S. The largest absolute Gasteiger partial charge is 0.320 e. The molecule has 0 spiro atoms. The Balaban J connectivity index is 1.58. The molecule has 4 N–H and O–H groups in total. The Hall–Kier alpha value is -3.04. The second kappa shape index (κ2) is 6.70. The number of nitrogens with one attached hydrogen (secondary N) is 2. The van der Waals surface area contributed by atoms with Crippen molar-refractivity contribution in [2.75, 3.05) is 5.32 Å². The maximum absolute atomic E-state index is 12.7. The second-order valence-corrected chi connectivity index (χ2v) is 6.89. The Bertz CT molecular complexity index is 975. The smallest absolute Gasteiger partial charge is 0.276 e. The highest BCUT2D eigenvalue weighted by molar-refractivity contribution is 7.12. The summed E-state index contributed by atoms with van der Waals surface area (Å²) in [5, 5.41) is 4.44. The van der Waals surface area contributed by atoms with Crippen LogP contribution in [-0.4, -0.2) is 26.3 Å². The van der Waals surface area contributed by atoms with E-state index in [1.54, 1.807) is 30.0 Å². The number of pyridine rings is 1. The topological polar surface area (TPSA) is 115 Å². The Kier molecular flexibility index (Phi) is 4.23. The number of imidazole rings is 1. The van der Waals surface area contributed by atoms with Crippen LogP contribution in [0.2, 0.25) is 0 Å². The van der Waals surface area contributed by atoms with E-state index in [1.165, 1.54) is 11.3 Å². The van der Waals surface area contributed by atoms with E-state index in [0.717, 1.165) is 18.5 Å². The molecule has 0 aromatic carbocycles. The van der Waals surface area contributed by atoms with Gasteiger partial charge in [-0.15, -0.1) is 11.3 Å². The maximum Gasteiger partial charge on any atom is 0.276 e. The molecule has 0 bridgehead atoms. The average molecular weight is 368 g/mol. The molecule has 2 amide bonds. The lowest BCUT2D eigenvalue weighted by Crippen LogP contribution is -2.29. The number of carbonyl (C=O) groups excluding carboxylic acids is 2. The summed E-state index contributed by atoms with van der Waals surface area (Å²) in [4.78, 5) is 33.3. The lowest BCUT2D eigenvalue weighted by Gasteiger charge is -2.08. The highest BCUT2D eigenvalue weighted by Crippen LogP contribution is 2.39. The van der Waals surface area contributed by atoms with Crippen LogP contribution in [0.3, 0.4) is 0 Å². The fourth-order valence-electron chi connectivity index (χ4n) is 2.62. The highest BCUT2D eigenvalue weighted by Gasteiger charge is 2.26. The molecule has 0 unspecified atom stereocenters. The van der Waals surface area contributed by atoms with Gasteiger partial charge < -0.3 is 9.88 Å². The van der Waals surface area contributed by atoms with Gasteiger partial charge in [-0.2, -0.15) is 0 Å². The Morgan fingerprint density at radius 1 is 1.27 bits per heavy atom. The molecule has 8 nitrogen and oxygen atoms in total. The van der Waals surface area contributed by atoms with Gasteiger partial charge in [-0.05, 0) is 31.0 Å². The van der Waals surface area contributed by atoms with Crippen molar-refractivity contribution in [1.29, 1.82) is 0 Å². The van der Waals surface area contributed by atoms with E-state index < -0.39 is 5.91 Å². The fraction of sp³-hybridized carbons (Fsp3) is 0.176. The van der Waals surface area contributed by atoms with Crippen LogP contribution in [0.1, 0.15) is 44.6 Å². The van der Waals surface area contributed by atoms with Crippen LogP contribution >= 0.6 is 11.3 Å². The third-order valence-corrected chi connectivity index (χ3v) is 5.02. The van der Waals surface area contributed by atoms with Gasteiger partial charge in [0.25, 0.3) is 11.8 Å². The van der Waals surface area contributed by atoms with Crippen LogP contribution < -0.4 is 16.6 Å². The lowest BCUT2D eigenvalue weighted by atomic mass is 10.2. The van der Waals surface area contributed by atoms with Crippen molar-refractivity contribution in [3.05, 3.63) is 58.6 Å². The quantitative estimate of drug-likeness (QED) is 0.362. The van der Waals surface area contributed by atoms with E-state index in [2.05, 4.69) is 20.7 Å². The number of hydrogen-bond acceptors (Lipinski definition) is 6. The van der Waals surface area contributed by atoms with Crippen molar-refractivity contribution in [2.45, 2.75) is 18.8 Å². The van der Waals surface area contributed by atoms with Crippen molar-refractivity contribution in [3.63, 3.8) is 0 Å². The summed E-state index contributed by atoms with van der Waals surface area (Å²) >= 11 is 1.19. The summed E-state index contributed by atoms with van der Waals surface area (Å²) < 4.78 is 1.82. The standard InChI is InChI=1S/C17H16N6O2S/c18-22-16(24)14-6-11(8-26-14)21-17(25)15-13(2-1-5-19-15)23-7-12(20-9-23)10-3-4-10/h1-2,5-10H,3-4,18H2,(H,21,25)(H,22,24). The molecule has 9 heteroatoms. The third-order valence-electron chi connectivity index (χ3n) is 4.09. The van der Waals surface area contributed by atoms with Crippen LogP contribution in [0.4, 0.5) is 5.69 Å². The molecular weight excluding hydrogens is 352 g/mol. The molecule has 1 saturated carbocycles. The number of amides is 2. The number of rotatable bonds is 5. The minimum absolute atomic E-state index is 0.281. The van der Waals surface area contributed by atoms with Gasteiger partial charge in [-0.1, -0.05) is 0 Å². The summed E-state index contributed by atoms with van der Waals surface area (Å²) in [6.07, 6.45) is 7.54. The number of hydrogen-bond donors (Lipinski definition) is 3. The molecule has 3 aromatic heterocycles. The van der Waals surface area contributed by atoms with Crippen molar-refractivity contribution in [1.82, 2.24) is 20.0 Å². The van der Waals surface area contributed by atoms with E-state index in [-0.39, 0.29) is 11.6 Å². The van der Waals surface area contributed by atoms with Gasteiger partial charge in [0.2, 0.25) is 0 Å². The third kappa shape index (κ3) is 3.22. The molecule has 1 aliphatic rings. The molecule has 0 saturated heterocycles. The zero-order valence-electron chi connectivity index (χ0n) is 13.7. The highest BCUT2D eigenvalue weighted by atomic mass is 32.1. The zero-order chi connectivity index (χ0) is 18.1. The van der Waals surface area contributed by atoms with Gasteiger partial charge in [0.1, 0.15) is 0 Å². The molecule has 0 atom stereocenters. The van der Waals surface area contributed by atoms with E-state index in [0.29, 0.717) is 22.2 Å². The number of nitrogens with zero attached hydrogens (tertiary/aromatic N) is 3. The Morgan fingerprint density at radius 2 is 2.12 bits per heavy atom. The first-order chi connectivity index (χ1) is 12.7. The molecule has 26 heavy (non-hydrogen) atoms. The SMILES string of the molecule is NNC(=O)c1cc(NC(=O)c2ncccc2-n2cnc(C3CC3)c2)cs1. The lowest BCUT2D eigenvalue weighted by molar-refractivity contribution is 0.0956. The molecule has 1 fully saturated rings. The fourth-order valence-corrected chi connectivity index (χ4v) is 3.36. The van der Waals surface area contributed by atoms with Crippen LogP contribution in [-0.2, 0) is 0 Å². The van der Waals surface area contributed by atoms with Crippen molar-refractivity contribution >= 4 is 28.8 Å². The number of carbonyl (C=O) groups is 2. The summed E-state index contributed by atoms with van der Waals surface area (Å²) in [6, 6.07) is 5.16. The summed E-state index contributed by atoms with van der Waals surface area (Å²) in [5.74, 6) is 4.89. The van der Waals surface area contributed by atoms with Gasteiger partial charge in [0, 0.05) is 23.7 Å². The predicted molar refractivity (Wildman–Crippen MR) is 97.3 cm³/mol. The second-order valence-electron chi connectivity index (χ2n) is 5.98. The maximum atomic E-state index is 12.7. The average Bonchev–Trinajstić information content (AvgIpc) is 3.21. The zero-order valence-corrected chi connectivity index (χ0v) is 14.5. The van der Waals surface area contributed by atoms with Gasteiger partial charge in [-0.3, -0.25) is 15.0 Å². The van der Waals surface area contributed by atoms with E-state index in [9.17, 15) is 9.59 Å². The van der Waals surface area contributed by atoms with Gasteiger partial charge in [0.05, 0.1) is 28.3 Å². The van der Waals surface area contributed by atoms with Crippen molar-refractivity contribution in [2.24, 2.45) is 5.84 Å². The number of nitrogen functional groups attached to an aromatic ring is 1. The van der Waals surface area contributed by atoms with Crippen LogP contribution in [0.5, 0.6) is 0 Å². The minimum Gasteiger partial charge on any atom is -0.320 e. The summed E-state index contributed by atoms with van der Waals surface area (Å²) in [5.41, 5.74) is 4.55. The van der Waals surface area contributed by atoms with Gasteiger partial charge in [0.15, 0.2) is 5.69 Å². The first-order valence-electron chi connectivity index (χ1n) is 8.06. The van der Waals surface area contributed by atoms with Crippen molar-refractivity contribution < 1.29 is 9.59 Å². The summed E-state index contributed by atoms with van der Waals surface area (Å²) in [7, 11) is 0. The normalized spacial score (nSPS) is 13.4. The monoisotopic (exact) mass is 368 g/mol.